The fraction of sp³-hybridized carbons (Fsp3) is 0.0667. The zero-order chi connectivity index (χ0) is 11.9. The first-order valence-corrected chi connectivity index (χ1v) is 5.65. The highest BCUT2D eigenvalue weighted by Gasteiger charge is 1.96. The molecule has 2 rings (SSSR count). The van der Waals surface area contributed by atoms with Crippen molar-refractivity contribution in [3.8, 4) is 0 Å². The fourth-order valence-electron chi connectivity index (χ4n) is 1.59. The molecular formula is C15H16N2. The third kappa shape index (κ3) is 3.47. The van der Waals surface area contributed by atoms with Gasteiger partial charge in [-0.25, -0.2) is 5.84 Å². The number of hydrazine groups is 1. The molecule has 0 aliphatic heterocycles. The zero-order valence-corrected chi connectivity index (χ0v) is 9.66. The maximum absolute atomic E-state index is 5.94. The summed E-state index contributed by atoms with van der Waals surface area (Å²) in [5, 5.41) is 1.72. The Balaban J connectivity index is 1.93. The average Bonchev–Trinajstić information content (AvgIpc) is 2.41. The van der Waals surface area contributed by atoms with Crippen molar-refractivity contribution < 1.29 is 0 Å². The molecule has 0 bridgehead atoms. The molecule has 0 saturated carbocycles. The Morgan fingerprint density at radius 2 is 1.47 bits per heavy atom. The summed E-state index contributed by atoms with van der Waals surface area (Å²) < 4.78 is 0. The molecule has 0 radical (unpaired) electrons. The van der Waals surface area contributed by atoms with Gasteiger partial charge in [0, 0.05) is 0 Å². The number of nitrogens with two attached hydrogens (primary N) is 1. The van der Waals surface area contributed by atoms with Crippen molar-refractivity contribution in [1.82, 2.24) is 0 Å². The molecule has 0 aliphatic rings. The zero-order valence-electron chi connectivity index (χ0n) is 9.66. The lowest BCUT2D eigenvalue weighted by atomic mass is 10.2. The topological polar surface area (TPSA) is 29.3 Å². The monoisotopic (exact) mass is 224 g/mol. The van der Waals surface area contributed by atoms with Crippen molar-refractivity contribution in [2.24, 2.45) is 5.84 Å². The molecule has 0 saturated heterocycles. The van der Waals surface area contributed by atoms with Gasteiger partial charge in [0.25, 0.3) is 0 Å². The van der Waals surface area contributed by atoms with Crippen molar-refractivity contribution in [3.05, 3.63) is 72.3 Å². The van der Waals surface area contributed by atoms with Gasteiger partial charge in [-0.15, -0.1) is 0 Å². The fourth-order valence-corrected chi connectivity index (χ4v) is 1.59. The predicted octanol–water partition coefficient (Wildman–Crippen LogP) is 3.08. The van der Waals surface area contributed by atoms with Crippen LogP contribution >= 0.6 is 0 Å². The highest BCUT2D eigenvalue weighted by Crippen LogP contribution is 2.09. The second-order valence-electron chi connectivity index (χ2n) is 3.80. The minimum Gasteiger partial charge on any atom is -0.307 e. The molecule has 0 atom stereocenters. The minimum atomic E-state index is 0.693. The van der Waals surface area contributed by atoms with Crippen molar-refractivity contribution >= 4 is 11.8 Å². The number of anilines is 1. The van der Waals surface area contributed by atoms with Crippen LogP contribution in [0.5, 0.6) is 0 Å². The molecule has 2 heteroatoms. The molecule has 2 nitrogen and oxygen atoms in total. The lowest BCUT2D eigenvalue weighted by molar-refractivity contribution is 0.942. The van der Waals surface area contributed by atoms with Gasteiger partial charge in [0.15, 0.2) is 0 Å². The summed E-state index contributed by atoms with van der Waals surface area (Å²) in [4.78, 5) is 0. The third-order valence-corrected chi connectivity index (χ3v) is 2.50. The van der Waals surface area contributed by atoms with E-state index in [1.165, 1.54) is 5.56 Å². The molecule has 0 spiro atoms. The Labute approximate surface area is 102 Å². The second-order valence-corrected chi connectivity index (χ2v) is 3.80. The van der Waals surface area contributed by atoms with Crippen LogP contribution in [0, 0.1) is 0 Å². The first-order valence-electron chi connectivity index (χ1n) is 5.65. The van der Waals surface area contributed by atoms with Gasteiger partial charge >= 0.3 is 0 Å². The standard InChI is InChI=1S/C15H16N2/c16-17(15-11-5-2-6-12-15)13-7-10-14-8-3-1-4-9-14/h1-12H,13,16H2. The molecule has 0 heterocycles. The van der Waals surface area contributed by atoms with Crippen LogP contribution in [0.1, 0.15) is 5.56 Å². The third-order valence-electron chi connectivity index (χ3n) is 2.50. The smallest absolute Gasteiger partial charge is 0.0526 e. The van der Waals surface area contributed by atoms with Gasteiger partial charge in [0.2, 0.25) is 0 Å². The Morgan fingerprint density at radius 1 is 0.882 bits per heavy atom. The number of hydrogen-bond donors (Lipinski definition) is 1. The lowest BCUT2D eigenvalue weighted by Crippen LogP contribution is -2.30. The van der Waals surface area contributed by atoms with Crippen LogP contribution in [0.25, 0.3) is 6.08 Å². The van der Waals surface area contributed by atoms with E-state index in [0.717, 1.165) is 5.69 Å². The number of hydrogen-bond acceptors (Lipinski definition) is 2. The predicted molar refractivity (Wildman–Crippen MR) is 73.5 cm³/mol. The largest absolute Gasteiger partial charge is 0.307 e. The summed E-state index contributed by atoms with van der Waals surface area (Å²) in [6, 6.07) is 20.1. The van der Waals surface area contributed by atoms with E-state index in [4.69, 9.17) is 5.84 Å². The normalized spacial score (nSPS) is 10.6. The Kier molecular flexibility index (Phi) is 3.95. The second kappa shape index (κ2) is 5.87. The van der Waals surface area contributed by atoms with Crippen LogP contribution < -0.4 is 10.9 Å². The summed E-state index contributed by atoms with van der Waals surface area (Å²) in [5.74, 6) is 5.94. The minimum absolute atomic E-state index is 0.693. The maximum Gasteiger partial charge on any atom is 0.0526 e. The molecule has 0 amide bonds. The molecule has 2 N–H and O–H groups in total. The Bertz CT molecular complexity index is 463. The van der Waals surface area contributed by atoms with Crippen LogP contribution in [-0.2, 0) is 0 Å². The van der Waals surface area contributed by atoms with E-state index in [1.54, 1.807) is 5.01 Å². The van der Waals surface area contributed by atoms with E-state index < -0.39 is 0 Å². The Hall–Kier alpha value is -2.06. The van der Waals surface area contributed by atoms with Crippen LogP contribution in [-0.4, -0.2) is 6.54 Å². The van der Waals surface area contributed by atoms with Gasteiger partial charge < -0.3 is 5.01 Å². The molecule has 2 aromatic carbocycles. The first-order chi connectivity index (χ1) is 8.36. The molecule has 0 unspecified atom stereocenters. The summed E-state index contributed by atoms with van der Waals surface area (Å²) in [5.41, 5.74) is 2.21. The van der Waals surface area contributed by atoms with Gasteiger partial charge in [0.05, 0.1) is 12.2 Å². The van der Waals surface area contributed by atoms with E-state index in [0.29, 0.717) is 6.54 Å². The summed E-state index contributed by atoms with van der Waals surface area (Å²) >= 11 is 0. The van der Waals surface area contributed by atoms with Gasteiger partial charge in [-0.1, -0.05) is 60.7 Å². The summed E-state index contributed by atoms with van der Waals surface area (Å²) in [6.07, 6.45) is 4.13. The lowest BCUT2D eigenvalue weighted by Gasteiger charge is -2.16. The molecule has 86 valence electrons. The van der Waals surface area contributed by atoms with Crippen molar-refractivity contribution in [2.45, 2.75) is 0 Å². The highest BCUT2D eigenvalue weighted by molar-refractivity contribution is 5.51. The number of rotatable bonds is 4. The van der Waals surface area contributed by atoms with E-state index in [9.17, 15) is 0 Å². The molecule has 2 aromatic rings. The van der Waals surface area contributed by atoms with Crippen molar-refractivity contribution in [3.63, 3.8) is 0 Å². The van der Waals surface area contributed by atoms with Gasteiger partial charge in [0.1, 0.15) is 0 Å². The molecule has 0 fully saturated rings. The molecular weight excluding hydrogens is 208 g/mol. The van der Waals surface area contributed by atoms with E-state index in [1.807, 2.05) is 48.5 Å². The SMILES string of the molecule is NN(CC=Cc1ccccc1)c1ccccc1. The van der Waals surface area contributed by atoms with E-state index in [2.05, 4.69) is 24.3 Å². The Morgan fingerprint density at radius 3 is 2.12 bits per heavy atom. The average molecular weight is 224 g/mol. The van der Waals surface area contributed by atoms with Gasteiger partial charge in [-0.3, -0.25) is 0 Å². The van der Waals surface area contributed by atoms with E-state index >= 15 is 0 Å². The quantitative estimate of drug-likeness (QED) is 0.638. The molecule has 0 aliphatic carbocycles. The van der Waals surface area contributed by atoms with Crippen LogP contribution in [0.2, 0.25) is 0 Å². The number of nitrogens with zero attached hydrogens (tertiary/aromatic N) is 1. The maximum atomic E-state index is 5.94. The number of para-hydroxylation sites is 1. The summed E-state index contributed by atoms with van der Waals surface area (Å²) in [6.45, 7) is 0.693. The van der Waals surface area contributed by atoms with Crippen LogP contribution in [0.4, 0.5) is 5.69 Å². The highest BCUT2D eigenvalue weighted by atomic mass is 15.4. The van der Waals surface area contributed by atoms with Crippen molar-refractivity contribution in [1.29, 1.82) is 0 Å². The summed E-state index contributed by atoms with van der Waals surface area (Å²) in [7, 11) is 0. The first kappa shape index (κ1) is 11.4. The number of benzene rings is 2. The molecule has 17 heavy (non-hydrogen) atoms. The molecule has 0 aromatic heterocycles. The van der Waals surface area contributed by atoms with Crippen molar-refractivity contribution in [2.75, 3.05) is 11.6 Å². The van der Waals surface area contributed by atoms with Gasteiger partial charge in [-0.05, 0) is 17.7 Å². The van der Waals surface area contributed by atoms with E-state index in [-0.39, 0.29) is 0 Å². The van der Waals surface area contributed by atoms with Crippen LogP contribution in [0.3, 0.4) is 0 Å². The van der Waals surface area contributed by atoms with Gasteiger partial charge in [-0.2, -0.15) is 0 Å². The van der Waals surface area contributed by atoms with Crippen LogP contribution in [0.15, 0.2) is 66.7 Å².